The maximum atomic E-state index is 13.7. The molecule has 0 bridgehead atoms. The molecule has 21 atom stereocenters. The maximum absolute atomic E-state index is 13.7. The lowest BCUT2D eigenvalue weighted by atomic mass is 9.43. The van der Waals surface area contributed by atoms with E-state index in [1.54, 1.807) is 0 Å². The number of rotatable bonds is 29. The lowest BCUT2D eigenvalue weighted by molar-refractivity contribution is -0.193. The van der Waals surface area contributed by atoms with E-state index in [2.05, 4.69) is 52.2 Å². The molecule has 0 amide bonds. The van der Waals surface area contributed by atoms with Gasteiger partial charge in [-0.2, -0.15) is 52.7 Å². The molecule has 0 aliphatic heterocycles. The van der Waals surface area contributed by atoms with Crippen molar-refractivity contribution in [2.45, 2.75) is 285 Å². The number of esters is 2. The number of fused-ring (bicyclic) bond motifs is 10. The third kappa shape index (κ3) is 29.0. The number of hydrogen-bond acceptors (Lipinski definition) is 14. The van der Waals surface area contributed by atoms with Crippen molar-refractivity contribution in [3.05, 3.63) is 71.8 Å². The highest BCUT2D eigenvalue weighted by Crippen LogP contribution is 2.71. The highest BCUT2D eigenvalue weighted by atomic mass is 19.4. The van der Waals surface area contributed by atoms with Gasteiger partial charge in [0.05, 0.1) is 23.0 Å². The molecule has 2 aromatic carbocycles. The predicted octanol–water partition coefficient (Wildman–Crippen LogP) is 19.4. The molecule has 10 rings (SSSR count). The van der Waals surface area contributed by atoms with E-state index in [1.807, 2.05) is 74.5 Å². The average Bonchev–Trinajstić information content (AvgIpc) is 1.67. The Labute approximate surface area is 690 Å². The third-order valence-electron chi connectivity index (χ3n) is 28.4. The van der Waals surface area contributed by atoms with Crippen molar-refractivity contribution in [2.24, 2.45) is 110 Å². The third-order valence-corrected chi connectivity index (χ3v) is 28.4. The van der Waals surface area contributed by atoms with Gasteiger partial charge in [-0.1, -0.05) is 143 Å². The highest BCUT2D eigenvalue weighted by molar-refractivity contribution is 5.90. The number of ether oxygens (including phenoxy) is 2. The highest BCUT2D eigenvalue weighted by Gasteiger charge is 2.66. The number of carboxylic acid groups (broad SMARTS) is 6. The molecular formula is C87H127F12N3O17. The number of ketones is 1. The number of nitrogens with two attached hydrogens (primary N) is 1. The summed E-state index contributed by atoms with van der Waals surface area (Å²) in [6.45, 7) is 22.7. The summed E-state index contributed by atoms with van der Waals surface area (Å²) < 4.78 is 140. The fraction of sp³-hybridized carbons (Fsp3) is 0.759. The van der Waals surface area contributed by atoms with Crippen LogP contribution in [0.1, 0.15) is 262 Å². The Morgan fingerprint density at radius 1 is 0.437 bits per heavy atom. The summed E-state index contributed by atoms with van der Waals surface area (Å²) in [6.07, 6.45) is 11.5. The fourth-order valence-electron chi connectivity index (χ4n) is 22.0. The number of nitrogens with one attached hydrogen (secondary N) is 2. The van der Waals surface area contributed by atoms with E-state index >= 15 is 0 Å². The number of benzene rings is 2. The summed E-state index contributed by atoms with van der Waals surface area (Å²) in [5.74, 6) is -6.77. The van der Waals surface area contributed by atoms with Crippen LogP contribution in [-0.2, 0) is 43.0 Å². The smallest absolute Gasteiger partial charge is 0.481 e. The lowest BCUT2D eigenvalue weighted by Crippen LogP contribution is -2.60. The summed E-state index contributed by atoms with van der Waals surface area (Å²) in [7, 11) is 0. The van der Waals surface area contributed by atoms with E-state index in [9.17, 15) is 86.9 Å². The number of unbranched alkanes of at least 4 members (excludes halogenated alkanes) is 5. The van der Waals surface area contributed by atoms with Gasteiger partial charge in [-0.15, -0.1) is 0 Å². The van der Waals surface area contributed by atoms with Crippen molar-refractivity contribution in [2.75, 3.05) is 26.2 Å². The summed E-state index contributed by atoms with van der Waals surface area (Å²) in [5.41, 5.74) is 7.77. The number of aliphatic carboxylic acids is 6. The quantitative estimate of drug-likeness (QED) is 0.0207. The van der Waals surface area contributed by atoms with Crippen molar-refractivity contribution in [3.63, 3.8) is 0 Å². The molecule has 0 heterocycles. The van der Waals surface area contributed by atoms with E-state index in [0.29, 0.717) is 112 Å². The van der Waals surface area contributed by atoms with Crippen LogP contribution < -0.4 is 16.4 Å². The Bertz CT molecular complexity index is 3480. The molecule has 8 unspecified atom stereocenters. The van der Waals surface area contributed by atoms with Crippen LogP contribution in [0.25, 0.3) is 0 Å². The van der Waals surface area contributed by atoms with Crippen molar-refractivity contribution >= 4 is 53.5 Å². The lowest BCUT2D eigenvalue weighted by Gasteiger charge is -2.63. The number of carboxylic acids is 6. The second kappa shape index (κ2) is 45.3. The topological polar surface area (TPSA) is 344 Å². The molecule has 676 valence electrons. The summed E-state index contributed by atoms with van der Waals surface area (Å²) in [5, 5.41) is 54.8. The molecule has 0 spiro atoms. The minimum Gasteiger partial charge on any atom is -0.481 e. The molecule has 20 nitrogen and oxygen atoms in total. The first kappa shape index (κ1) is 102. The van der Waals surface area contributed by atoms with Crippen molar-refractivity contribution in [1.29, 1.82) is 0 Å². The van der Waals surface area contributed by atoms with Crippen molar-refractivity contribution < 1.29 is 136 Å². The molecule has 0 saturated heterocycles. The summed E-state index contributed by atoms with van der Waals surface area (Å²) in [4.78, 5) is 97.9. The van der Waals surface area contributed by atoms with Gasteiger partial charge in [-0.3, -0.25) is 14.4 Å². The standard InChI is InChI=1S/C45H75N3O4.C34H48O5.4C2HF3O2/c1-32(16-14-17-33(2)42(49)50)37-20-21-38-41-39(23-25-45(37,38)4)44(3)24-22-36(48-29-15-28-47-27-13-8-6-5-7-12-26-46)30-35(44)31-40(41)52-43(51)34-18-10-9-11-19-34;1-21(9-8-10-22(2)31(36)37)26-13-14-27-30-28(16-18-34(26,27)4)33(3)17-15-25(35)19-24(33)20-29(30)39-32(38)23-11-6-5-7-12-23;4*3-2(4,5)1(6)7/h9-11,18-19,32-33,35-41,47-48H,5-8,12-17,20-31,46H2,1-4H3,(H,49,50);5-7,11-12,21-22,24,26-30H,8-10,13-20H2,1-4H3,(H,36,37);4*(H,6,7)/t32-,33?,35-,36+,37-,38?,39?,40-,41?,44+,45-;21-,22?,24-,26-,27?,28?,29-,30?,33+,34-;;;;/m11..../s1. The Morgan fingerprint density at radius 2 is 0.790 bits per heavy atom. The predicted molar refractivity (Wildman–Crippen MR) is 418 cm³/mol. The number of Topliss-reactive ketones (excluding diaryl/α,β-unsaturated/α-hetero) is 1. The normalized spacial score (nSPS) is 30.2. The van der Waals surface area contributed by atoms with Crippen molar-refractivity contribution in [1.82, 2.24) is 10.6 Å². The number of carbonyl (C=O) groups is 9. The van der Waals surface area contributed by atoms with E-state index < -0.39 is 60.5 Å². The van der Waals surface area contributed by atoms with Gasteiger partial charge in [0.1, 0.15) is 18.0 Å². The zero-order valence-corrected chi connectivity index (χ0v) is 69.7. The van der Waals surface area contributed by atoms with Gasteiger partial charge < -0.3 is 56.5 Å². The number of carbonyl (C=O) groups excluding carboxylic acids is 3. The zero-order valence-electron chi connectivity index (χ0n) is 69.7. The Hall–Kier alpha value is -7.09. The molecule has 8 saturated carbocycles. The first-order chi connectivity index (χ1) is 55.4. The van der Waals surface area contributed by atoms with E-state index in [4.69, 9.17) is 54.8 Å². The van der Waals surface area contributed by atoms with Crippen LogP contribution in [0, 0.1) is 105 Å². The number of hydrogen-bond donors (Lipinski definition) is 9. The van der Waals surface area contributed by atoms with Crippen LogP contribution in [0.5, 0.6) is 0 Å². The molecule has 2 aromatic rings. The molecule has 8 aliphatic carbocycles. The van der Waals surface area contributed by atoms with Crippen LogP contribution in [0.2, 0.25) is 0 Å². The molecule has 10 N–H and O–H groups in total. The molecule has 119 heavy (non-hydrogen) atoms. The van der Waals surface area contributed by atoms with Crippen LogP contribution in [0.3, 0.4) is 0 Å². The van der Waals surface area contributed by atoms with Crippen LogP contribution in [0.15, 0.2) is 60.7 Å². The van der Waals surface area contributed by atoms with Crippen LogP contribution in [-0.4, -0.2) is 153 Å². The van der Waals surface area contributed by atoms with Gasteiger partial charge in [-0.05, 0) is 253 Å². The first-order valence-electron chi connectivity index (χ1n) is 42.2. The first-order valence-corrected chi connectivity index (χ1v) is 42.2. The van der Waals surface area contributed by atoms with Crippen LogP contribution >= 0.6 is 0 Å². The minimum absolute atomic E-state index is 0.0329. The maximum Gasteiger partial charge on any atom is 0.490 e. The monoisotopic (exact) mass is 1710 g/mol. The largest absolute Gasteiger partial charge is 0.490 e. The minimum atomic E-state index is -5.08. The van der Waals surface area contributed by atoms with Gasteiger partial charge in [0.25, 0.3) is 0 Å². The second-order valence-electron chi connectivity index (χ2n) is 35.7. The molecule has 32 heteroatoms. The van der Waals surface area contributed by atoms with E-state index in [0.717, 1.165) is 103 Å². The fourth-order valence-corrected chi connectivity index (χ4v) is 22.0. The van der Waals surface area contributed by atoms with E-state index in [-0.39, 0.29) is 52.2 Å². The van der Waals surface area contributed by atoms with Gasteiger partial charge >= 0.3 is 72.5 Å². The molecule has 0 radical (unpaired) electrons. The average molecular weight is 1710 g/mol. The zero-order chi connectivity index (χ0) is 89.4. The second-order valence-corrected chi connectivity index (χ2v) is 35.7. The number of halogens is 12. The van der Waals surface area contributed by atoms with E-state index in [1.165, 1.54) is 96.3 Å². The SMILES string of the molecule is CC(CCC[C@@H](C)[C@H]1CCC2C3C(CC[C@@]21C)[C@@]1(C)CCC(=O)C[C@@H]1C[C@H]3OC(=O)c1ccccc1)C(=O)O.CC(CCC[C@@H](C)[C@H]1CCC2C3C(CC[C@@]21C)[C@@]1(C)CC[C@H](NCCCNCCCCCCCCN)C[C@@H]1C[C@H]3OC(=O)c1ccccc1)C(=O)O.O=C(O)C(F)(F)F.O=C(O)C(F)(F)F.O=C(O)C(F)(F)F.O=C(O)C(F)(F)F. The molecule has 8 aliphatic rings. The van der Waals surface area contributed by atoms with Crippen molar-refractivity contribution in [3.8, 4) is 0 Å². The molecule has 0 aromatic heterocycles. The summed E-state index contributed by atoms with van der Waals surface area (Å²) >= 11 is 0. The van der Waals surface area contributed by atoms with Gasteiger partial charge in [0.2, 0.25) is 0 Å². The molecular weight excluding hydrogens is 1590 g/mol. The van der Waals surface area contributed by atoms with Gasteiger partial charge in [-0.25, -0.2) is 28.8 Å². The number of alkyl halides is 12. The Kier molecular flexibility index (Phi) is 39.0. The Morgan fingerprint density at radius 3 is 1.18 bits per heavy atom. The summed E-state index contributed by atoms with van der Waals surface area (Å²) in [6, 6.07) is 19.5. The van der Waals surface area contributed by atoms with Gasteiger partial charge in [0.15, 0.2) is 0 Å². The molecule has 8 fully saturated rings. The van der Waals surface area contributed by atoms with Crippen LogP contribution in [0.4, 0.5) is 52.7 Å². The van der Waals surface area contributed by atoms with Gasteiger partial charge in [0, 0.05) is 30.7 Å². The Balaban J connectivity index is 0.000000325.